The highest BCUT2D eigenvalue weighted by atomic mass is 16.1. The summed E-state index contributed by atoms with van der Waals surface area (Å²) in [5.74, 6) is -0.175. The lowest BCUT2D eigenvalue weighted by molar-refractivity contribution is 0.102. The summed E-state index contributed by atoms with van der Waals surface area (Å²) in [6.07, 6.45) is 1.62. The molecule has 1 heterocycles. The lowest BCUT2D eigenvalue weighted by Crippen LogP contribution is -2.15. The zero-order valence-electron chi connectivity index (χ0n) is 11.3. The van der Waals surface area contributed by atoms with Gasteiger partial charge >= 0.3 is 0 Å². The smallest absolute Gasteiger partial charge is 0.255 e. The van der Waals surface area contributed by atoms with Crippen LogP contribution in [0.25, 0.3) is 0 Å². The van der Waals surface area contributed by atoms with Gasteiger partial charge in [0.15, 0.2) is 0 Å². The largest absolute Gasteiger partial charge is 0.397 e. The van der Waals surface area contributed by atoms with Crippen molar-refractivity contribution in [1.82, 2.24) is 4.98 Å². The Balaban J connectivity index is 2.32. The summed E-state index contributed by atoms with van der Waals surface area (Å²) in [4.78, 5) is 16.3. The average molecular weight is 255 g/mol. The van der Waals surface area contributed by atoms with Crippen LogP contribution in [0.4, 0.5) is 11.4 Å². The van der Waals surface area contributed by atoms with E-state index in [0.717, 1.165) is 16.8 Å². The number of carbonyl (C=O) groups is 1. The lowest BCUT2D eigenvalue weighted by Gasteiger charge is -2.13. The van der Waals surface area contributed by atoms with Gasteiger partial charge in [-0.1, -0.05) is 6.07 Å². The molecule has 0 saturated heterocycles. The minimum atomic E-state index is -0.175. The molecule has 1 aromatic carbocycles. The first-order valence-electron chi connectivity index (χ1n) is 6.08. The highest BCUT2D eigenvalue weighted by Crippen LogP contribution is 2.26. The van der Waals surface area contributed by atoms with Crippen molar-refractivity contribution in [2.45, 2.75) is 20.8 Å². The van der Waals surface area contributed by atoms with Crippen molar-refractivity contribution >= 4 is 17.3 Å². The maximum absolute atomic E-state index is 12.2. The normalized spacial score (nSPS) is 10.3. The number of rotatable bonds is 2. The Hall–Kier alpha value is -2.36. The summed E-state index contributed by atoms with van der Waals surface area (Å²) < 4.78 is 0. The molecule has 0 fully saturated rings. The van der Waals surface area contributed by atoms with E-state index in [2.05, 4.69) is 10.3 Å². The number of carbonyl (C=O) groups excluding carboxylic acids is 1. The fourth-order valence-electron chi connectivity index (χ4n) is 1.88. The summed E-state index contributed by atoms with van der Waals surface area (Å²) >= 11 is 0. The molecule has 0 unspecified atom stereocenters. The summed E-state index contributed by atoms with van der Waals surface area (Å²) in [6, 6.07) is 7.17. The van der Waals surface area contributed by atoms with Gasteiger partial charge in [0.1, 0.15) is 0 Å². The van der Waals surface area contributed by atoms with Crippen molar-refractivity contribution in [1.29, 1.82) is 0 Å². The van der Waals surface area contributed by atoms with Crippen molar-refractivity contribution in [3.8, 4) is 0 Å². The molecule has 0 bridgehead atoms. The number of nitrogens with two attached hydrogens (primary N) is 1. The van der Waals surface area contributed by atoms with E-state index >= 15 is 0 Å². The van der Waals surface area contributed by atoms with Gasteiger partial charge in [0, 0.05) is 17.5 Å². The maximum atomic E-state index is 12.2. The summed E-state index contributed by atoms with van der Waals surface area (Å²) in [5, 5.41) is 2.87. The number of aryl methyl sites for hydroxylation is 2. The zero-order valence-corrected chi connectivity index (χ0v) is 11.3. The molecule has 0 aliphatic heterocycles. The van der Waals surface area contributed by atoms with E-state index in [1.54, 1.807) is 24.4 Å². The summed E-state index contributed by atoms with van der Waals surface area (Å²) in [7, 11) is 0. The Morgan fingerprint density at radius 1 is 1.21 bits per heavy atom. The van der Waals surface area contributed by atoms with Crippen molar-refractivity contribution < 1.29 is 4.79 Å². The van der Waals surface area contributed by atoms with E-state index in [0.29, 0.717) is 16.9 Å². The molecular formula is C15H17N3O. The predicted octanol–water partition coefficient (Wildman–Crippen LogP) is 2.84. The molecule has 0 radical (unpaired) electrons. The van der Waals surface area contributed by atoms with Gasteiger partial charge in [0.05, 0.1) is 11.4 Å². The molecule has 0 aliphatic rings. The molecule has 4 nitrogen and oxygen atoms in total. The number of nitrogen functional groups attached to an aromatic ring is 1. The summed E-state index contributed by atoms with van der Waals surface area (Å²) in [6.45, 7) is 5.78. The van der Waals surface area contributed by atoms with Gasteiger partial charge in [-0.15, -0.1) is 0 Å². The molecule has 2 rings (SSSR count). The quantitative estimate of drug-likeness (QED) is 0.811. The van der Waals surface area contributed by atoms with Gasteiger partial charge in [-0.05, 0) is 50.1 Å². The number of aromatic nitrogens is 1. The van der Waals surface area contributed by atoms with E-state index < -0.39 is 0 Å². The molecule has 3 N–H and O–H groups in total. The van der Waals surface area contributed by atoms with Crippen molar-refractivity contribution in [3.05, 3.63) is 52.8 Å². The number of nitrogens with one attached hydrogen (secondary N) is 1. The van der Waals surface area contributed by atoms with E-state index in [-0.39, 0.29) is 5.91 Å². The molecule has 0 spiro atoms. The Morgan fingerprint density at radius 3 is 2.63 bits per heavy atom. The number of benzene rings is 1. The molecule has 0 aliphatic carbocycles. The maximum Gasteiger partial charge on any atom is 0.255 e. The molecule has 4 heteroatoms. The lowest BCUT2D eigenvalue weighted by atomic mass is 10.1. The van der Waals surface area contributed by atoms with Crippen LogP contribution in [-0.4, -0.2) is 10.9 Å². The predicted molar refractivity (Wildman–Crippen MR) is 77.3 cm³/mol. The first-order valence-corrected chi connectivity index (χ1v) is 6.08. The van der Waals surface area contributed by atoms with Gasteiger partial charge in [0.2, 0.25) is 0 Å². The molecule has 2 aromatic rings. The summed E-state index contributed by atoms with van der Waals surface area (Å²) in [5.41, 5.74) is 10.6. The fraction of sp³-hybridized carbons (Fsp3) is 0.200. The van der Waals surface area contributed by atoms with Crippen LogP contribution in [0.2, 0.25) is 0 Å². The Labute approximate surface area is 112 Å². The minimum Gasteiger partial charge on any atom is -0.397 e. The SMILES string of the molecule is Cc1cc(C(=O)Nc2c(N)ccc(C)c2C)ccn1. The van der Waals surface area contributed by atoms with Crippen LogP contribution in [0.1, 0.15) is 27.2 Å². The van der Waals surface area contributed by atoms with Crippen LogP contribution in [-0.2, 0) is 0 Å². The van der Waals surface area contributed by atoms with Crippen LogP contribution >= 0.6 is 0 Å². The number of amides is 1. The molecule has 98 valence electrons. The third-order valence-electron chi connectivity index (χ3n) is 3.17. The van der Waals surface area contributed by atoms with Gasteiger partial charge in [-0.3, -0.25) is 9.78 Å². The van der Waals surface area contributed by atoms with Gasteiger partial charge in [-0.2, -0.15) is 0 Å². The number of hydrogen-bond donors (Lipinski definition) is 2. The first-order chi connectivity index (χ1) is 8.99. The average Bonchev–Trinajstić information content (AvgIpc) is 2.39. The molecular weight excluding hydrogens is 238 g/mol. The molecule has 19 heavy (non-hydrogen) atoms. The van der Waals surface area contributed by atoms with Gasteiger partial charge in [0.25, 0.3) is 5.91 Å². The number of hydrogen-bond acceptors (Lipinski definition) is 3. The molecule has 1 aromatic heterocycles. The van der Waals surface area contributed by atoms with E-state index in [4.69, 9.17) is 5.73 Å². The van der Waals surface area contributed by atoms with E-state index in [1.165, 1.54) is 0 Å². The van der Waals surface area contributed by atoms with Crippen molar-refractivity contribution in [3.63, 3.8) is 0 Å². The van der Waals surface area contributed by atoms with Crippen LogP contribution in [0.5, 0.6) is 0 Å². The zero-order chi connectivity index (χ0) is 14.0. The first kappa shape index (κ1) is 13.1. The van der Waals surface area contributed by atoms with Crippen LogP contribution in [0.3, 0.4) is 0 Å². The highest BCUT2D eigenvalue weighted by molar-refractivity contribution is 6.06. The third-order valence-corrected chi connectivity index (χ3v) is 3.17. The Morgan fingerprint density at radius 2 is 1.95 bits per heavy atom. The second-order valence-electron chi connectivity index (χ2n) is 4.61. The third kappa shape index (κ3) is 2.73. The second-order valence-corrected chi connectivity index (χ2v) is 4.61. The van der Waals surface area contributed by atoms with Crippen LogP contribution in [0.15, 0.2) is 30.5 Å². The number of nitrogens with zero attached hydrogens (tertiary/aromatic N) is 1. The number of pyridine rings is 1. The fourth-order valence-corrected chi connectivity index (χ4v) is 1.88. The minimum absolute atomic E-state index is 0.175. The Kier molecular flexibility index (Phi) is 3.51. The topological polar surface area (TPSA) is 68.0 Å². The standard InChI is InChI=1S/C15H17N3O/c1-9-4-5-13(16)14(11(9)3)18-15(19)12-6-7-17-10(2)8-12/h4-8H,16H2,1-3H3,(H,18,19). The molecule has 1 amide bonds. The van der Waals surface area contributed by atoms with Gasteiger partial charge in [-0.25, -0.2) is 0 Å². The van der Waals surface area contributed by atoms with E-state index in [9.17, 15) is 4.79 Å². The number of anilines is 2. The molecule has 0 saturated carbocycles. The Bertz CT molecular complexity index is 635. The second kappa shape index (κ2) is 5.10. The van der Waals surface area contributed by atoms with Crippen LogP contribution < -0.4 is 11.1 Å². The van der Waals surface area contributed by atoms with E-state index in [1.807, 2.05) is 26.8 Å². The van der Waals surface area contributed by atoms with Crippen molar-refractivity contribution in [2.75, 3.05) is 11.1 Å². The van der Waals surface area contributed by atoms with Gasteiger partial charge < -0.3 is 11.1 Å². The molecule has 0 atom stereocenters. The highest BCUT2D eigenvalue weighted by Gasteiger charge is 2.11. The van der Waals surface area contributed by atoms with Crippen molar-refractivity contribution in [2.24, 2.45) is 0 Å². The monoisotopic (exact) mass is 255 g/mol. The van der Waals surface area contributed by atoms with Crippen LogP contribution in [0, 0.1) is 20.8 Å².